The van der Waals surface area contributed by atoms with E-state index < -0.39 is 0 Å². The third kappa shape index (κ3) is 2.59. The van der Waals surface area contributed by atoms with Crippen molar-refractivity contribution < 1.29 is 4.79 Å². The molecule has 0 bridgehead atoms. The van der Waals surface area contributed by atoms with E-state index in [2.05, 4.69) is 21.8 Å². The zero-order valence-electron chi connectivity index (χ0n) is 11.8. The van der Waals surface area contributed by atoms with Crippen LogP contribution in [0.4, 0.5) is 0 Å². The van der Waals surface area contributed by atoms with Crippen molar-refractivity contribution >= 4 is 11.8 Å². The van der Waals surface area contributed by atoms with E-state index in [-0.39, 0.29) is 0 Å². The minimum Gasteiger partial charge on any atom is -0.304 e. The van der Waals surface area contributed by atoms with Crippen LogP contribution in [0.1, 0.15) is 16.3 Å². The number of carbonyl (C=O) groups is 1. The van der Waals surface area contributed by atoms with E-state index in [9.17, 15) is 4.79 Å². The second-order valence-corrected chi connectivity index (χ2v) is 5.40. The van der Waals surface area contributed by atoms with E-state index in [0.717, 1.165) is 56.8 Å². The minimum atomic E-state index is 0.674. The first-order valence-corrected chi connectivity index (χ1v) is 7.09. The van der Waals surface area contributed by atoms with Crippen LogP contribution in [0.5, 0.6) is 0 Å². The van der Waals surface area contributed by atoms with Crippen molar-refractivity contribution in [2.75, 3.05) is 39.8 Å². The number of imidazole rings is 1. The summed E-state index contributed by atoms with van der Waals surface area (Å²) in [4.78, 5) is 20.4. The second-order valence-electron chi connectivity index (χ2n) is 5.40. The lowest BCUT2D eigenvalue weighted by atomic mass is 10.3. The summed E-state index contributed by atoms with van der Waals surface area (Å²) in [6.45, 7) is 5.48. The van der Waals surface area contributed by atoms with Crippen molar-refractivity contribution in [1.82, 2.24) is 19.2 Å². The number of fused-ring (bicyclic) bond motifs is 1. The summed E-state index contributed by atoms with van der Waals surface area (Å²) in [5, 5.41) is 0. The monoisotopic (exact) mass is 272 g/mol. The lowest BCUT2D eigenvalue weighted by Gasteiger charge is -2.32. The van der Waals surface area contributed by atoms with Gasteiger partial charge in [0.1, 0.15) is 5.82 Å². The lowest BCUT2D eigenvalue weighted by molar-refractivity contribution is 0.111. The zero-order chi connectivity index (χ0) is 13.9. The summed E-state index contributed by atoms with van der Waals surface area (Å²) in [7, 11) is 2.16. The van der Waals surface area contributed by atoms with Crippen molar-refractivity contribution in [2.24, 2.45) is 0 Å². The van der Waals surface area contributed by atoms with E-state index in [4.69, 9.17) is 0 Å². The van der Waals surface area contributed by atoms with Crippen LogP contribution in [-0.4, -0.2) is 65.2 Å². The normalized spacial score (nSPS) is 17.6. The fraction of sp³-hybridized carbons (Fsp3) is 0.467. The van der Waals surface area contributed by atoms with Crippen LogP contribution < -0.4 is 0 Å². The van der Waals surface area contributed by atoms with Crippen LogP contribution in [0.15, 0.2) is 24.4 Å². The molecule has 0 saturated carbocycles. The molecule has 0 aliphatic carbocycles. The molecule has 0 spiro atoms. The predicted octanol–water partition coefficient (Wildman–Crippen LogP) is 0.937. The molecule has 5 nitrogen and oxygen atoms in total. The van der Waals surface area contributed by atoms with Gasteiger partial charge in [-0.2, -0.15) is 0 Å². The highest BCUT2D eigenvalue weighted by Gasteiger charge is 2.15. The van der Waals surface area contributed by atoms with Gasteiger partial charge in [0.05, 0.1) is 17.4 Å². The molecule has 0 aromatic carbocycles. The van der Waals surface area contributed by atoms with Crippen LogP contribution in [0.25, 0.3) is 5.52 Å². The van der Waals surface area contributed by atoms with Crippen molar-refractivity contribution in [3.63, 3.8) is 0 Å². The molecule has 0 radical (unpaired) electrons. The Morgan fingerprint density at radius 1 is 1.25 bits per heavy atom. The summed E-state index contributed by atoms with van der Waals surface area (Å²) in [5.74, 6) is 0.974. The van der Waals surface area contributed by atoms with Gasteiger partial charge >= 0.3 is 0 Å². The van der Waals surface area contributed by atoms with Crippen LogP contribution >= 0.6 is 0 Å². The maximum Gasteiger partial charge on any atom is 0.166 e. The minimum absolute atomic E-state index is 0.674. The molecule has 20 heavy (non-hydrogen) atoms. The maximum atomic E-state index is 11.1. The molecule has 3 heterocycles. The van der Waals surface area contributed by atoms with E-state index in [1.54, 1.807) is 0 Å². The highest BCUT2D eigenvalue weighted by atomic mass is 16.1. The number of hydrogen-bond donors (Lipinski definition) is 0. The van der Waals surface area contributed by atoms with Gasteiger partial charge < -0.3 is 9.80 Å². The van der Waals surface area contributed by atoms with Gasteiger partial charge in [0, 0.05) is 39.1 Å². The number of nitrogens with zero attached hydrogens (tertiary/aromatic N) is 4. The number of rotatable bonds is 4. The molecule has 0 amide bonds. The van der Waals surface area contributed by atoms with Crippen molar-refractivity contribution in [3.05, 3.63) is 35.9 Å². The first-order valence-electron chi connectivity index (χ1n) is 7.09. The van der Waals surface area contributed by atoms with Gasteiger partial charge in [-0.05, 0) is 19.2 Å². The molecule has 1 aliphatic rings. The van der Waals surface area contributed by atoms with E-state index >= 15 is 0 Å². The molecule has 1 fully saturated rings. The van der Waals surface area contributed by atoms with Gasteiger partial charge in [0.2, 0.25) is 0 Å². The highest BCUT2D eigenvalue weighted by Crippen LogP contribution is 2.11. The third-order valence-corrected chi connectivity index (χ3v) is 4.02. The Morgan fingerprint density at radius 2 is 2.05 bits per heavy atom. The first kappa shape index (κ1) is 13.3. The number of likely N-dealkylation sites (N-methyl/N-ethyl adjacent to an activating group) is 1. The maximum absolute atomic E-state index is 11.1. The molecule has 5 heteroatoms. The van der Waals surface area contributed by atoms with Gasteiger partial charge in [-0.25, -0.2) is 4.98 Å². The third-order valence-electron chi connectivity index (χ3n) is 4.02. The molecule has 106 valence electrons. The van der Waals surface area contributed by atoms with Gasteiger partial charge in [-0.1, -0.05) is 6.07 Å². The molecular formula is C15H20N4O. The summed E-state index contributed by atoms with van der Waals surface area (Å²) < 4.78 is 1.96. The van der Waals surface area contributed by atoms with Crippen molar-refractivity contribution in [2.45, 2.75) is 6.42 Å². The first-order chi connectivity index (χ1) is 9.78. The van der Waals surface area contributed by atoms with Crippen LogP contribution in [0.2, 0.25) is 0 Å². The fourth-order valence-corrected chi connectivity index (χ4v) is 2.74. The summed E-state index contributed by atoms with van der Waals surface area (Å²) >= 11 is 0. The fourth-order valence-electron chi connectivity index (χ4n) is 2.74. The zero-order valence-corrected chi connectivity index (χ0v) is 11.8. The number of pyridine rings is 1. The molecule has 2 aromatic heterocycles. The van der Waals surface area contributed by atoms with E-state index in [1.165, 1.54) is 0 Å². The Hall–Kier alpha value is -1.72. The quantitative estimate of drug-likeness (QED) is 0.777. The Balaban J connectivity index is 1.73. The highest BCUT2D eigenvalue weighted by molar-refractivity contribution is 5.74. The van der Waals surface area contributed by atoms with Crippen LogP contribution in [0, 0.1) is 0 Å². The number of aromatic nitrogens is 2. The van der Waals surface area contributed by atoms with Gasteiger partial charge in [0.25, 0.3) is 0 Å². The van der Waals surface area contributed by atoms with Gasteiger partial charge in [-0.3, -0.25) is 9.20 Å². The van der Waals surface area contributed by atoms with Gasteiger partial charge in [0.15, 0.2) is 6.29 Å². The summed E-state index contributed by atoms with van der Waals surface area (Å²) in [6, 6.07) is 5.71. The van der Waals surface area contributed by atoms with E-state index in [1.807, 2.05) is 28.8 Å². The van der Waals surface area contributed by atoms with Gasteiger partial charge in [-0.15, -0.1) is 0 Å². The van der Waals surface area contributed by atoms with Crippen LogP contribution in [-0.2, 0) is 6.42 Å². The van der Waals surface area contributed by atoms with Crippen molar-refractivity contribution in [1.29, 1.82) is 0 Å². The number of carbonyl (C=O) groups excluding carboxylic acids is 1. The number of hydrogen-bond acceptors (Lipinski definition) is 4. The SMILES string of the molecule is CN1CCN(CCc2ncc3cccc(C=O)n23)CC1. The second kappa shape index (κ2) is 5.73. The molecular weight excluding hydrogens is 252 g/mol. The van der Waals surface area contributed by atoms with Crippen LogP contribution in [0.3, 0.4) is 0 Å². The number of aldehydes is 1. The molecule has 0 unspecified atom stereocenters. The molecule has 0 atom stereocenters. The van der Waals surface area contributed by atoms with Crippen molar-refractivity contribution in [3.8, 4) is 0 Å². The largest absolute Gasteiger partial charge is 0.304 e. The number of piperazine rings is 1. The molecule has 3 rings (SSSR count). The Labute approximate surface area is 118 Å². The Kier molecular flexibility index (Phi) is 3.80. The Bertz CT molecular complexity index is 599. The smallest absolute Gasteiger partial charge is 0.166 e. The Morgan fingerprint density at radius 3 is 2.80 bits per heavy atom. The average molecular weight is 272 g/mol. The topological polar surface area (TPSA) is 40.8 Å². The molecule has 2 aromatic rings. The molecule has 1 saturated heterocycles. The molecule has 1 aliphatic heterocycles. The standard InChI is InChI=1S/C15H20N4O/c1-17-7-9-18(10-8-17)6-5-15-16-11-13-3-2-4-14(12-20)19(13)15/h2-4,11-12H,5-10H2,1H3. The summed E-state index contributed by atoms with van der Waals surface area (Å²) in [6.07, 6.45) is 3.61. The lowest BCUT2D eigenvalue weighted by Crippen LogP contribution is -2.45. The average Bonchev–Trinajstić information content (AvgIpc) is 2.90. The van der Waals surface area contributed by atoms with E-state index in [0.29, 0.717) is 5.69 Å². The summed E-state index contributed by atoms with van der Waals surface area (Å²) in [5.41, 5.74) is 1.66. The molecule has 0 N–H and O–H groups in total. The predicted molar refractivity (Wildman–Crippen MR) is 78.2 cm³/mol.